The van der Waals surface area contributed by atoms with Gasteiger partial charge in [0.2, 0.25) is 0 Å². The third kappa shape index (κ3) is 2.66. The molecule has 1 N–H and O–H groups in total. The molecule has 72 valence electrons. The van der Waals surface area contributed by atoms with Gasteiger partial charge in [-0.3, -0.25) is 0 Å². The van der Waals surface area contributed by atoms with E-state index >= 15 is 0 Å². The number of halogens is 3. The van der Waals surface area contributed by atoms with Crippen LogP contribution in [0.15, 0.2) is 16.6 Å². The van der Waals surface area contributed by atoms with E-state index < -0.39 is 5.82 Å². The van der Waals surface area contributed by atoms with E-state index in [4.69, 9.17) is 16.7 Å². The van der Waals surface area contributed by atoms with Crippen molar-refractivity contribution in [2.75, 3.05) is 6.61 Å². The van der Waals surface area contributed by atoms with Gasteiger partial charge in [-0.2, -0.15) is 0 Å². The molecule has 13 heavy (non-hydrogen) atoms. The Kier molecular flexibility index (Phi) is 4.16. The molecule has 0 aliphatic carbocycles. The number of hydrogen-bond donors (Lipinski definition) is 1. The Morgan fingerprint density at radius 2 is 2.15 bits per heavy atom. The molecule has 0 aliphatic heterocycles. The molecule has 0 atom stereocenters. The Hall–Kier alpha value is -0.120. The molecule has 0 saturated carbocycles. The second-order valence-electron chi connectivity index (χ2n) is 2.66. The van der Waals surface area contributed by atoms with Crippen LogP contribution < -0.4 is 0 Å². The molecular weight excluding hydrogens is 258 g/mol. The largest absolute Gasteiger partial charge is 0.396 e. The lowest BCUT2D eigenvalue weighted by Gasteiger charge is -2.04. The van der Waals surface area contributed by atoms with Gasteiger partial charge in [0.25, 0.3) is 0 Å². The first kappa shape index (κ1) is 11.0. The van der Waals surface area contributed by atoms with Gasteiger partial charge in [0, 0.05) is 11.1 Å². The van der Waals surface area contributed by atoms with E-state index in [0.717, 1.165) is 0 Å². The van der Waals surface area contributed by atoms with E-state index in [1.165, 1.54) is 0 Å². The van der Waals surface area contributed by atoms with Crippen LogP contribution in [0.1, 0.15) is 12.0 Å². The Morgan fingerprint density at radius 3 is 2.77 bits per heavy atom. The van der Waals surface area contributed by atoms with Crippen LogP contribution in [-0.4, -0.2) is 11.7 Å². The first-order chi connectivity index (χ1) is 6.16. The quantitative estimate of drug-likeness (QED) is 0.834. The van der Waals surface area contributed by atoms with E-state index in [9.17, 15) is 4.39 Å². The zero-order valence-electron chi connectivity index (χ0n) is 6.86. The van der Waals surface area contributed by atoms with Gasteiger partial charge in [0.15, 0.2) is 0 Å². The Labute approximate surface area is 89.7 Å². The Balaban J connectivity index is 2.90. The molecule has 1 rings (SSSR count). The van der Waals surface area contributed by atoms with E-state index in [1.807, 2.05) is 0 Å². The van der Waals surface area contributed by atoms with Crippen LogP contribution in [0.4, 0.5) is 4.39 Å². The molecule has 0 spiro atoms. The summed E-state index contributed by atoms with van der Waals surface area (Å²) in [5.74, 6) is -0.399. The van der Waals surface area contributed by atoms with Crippen LogP contribution in [0.25, 0.3) is 0 Å². The van der Waals surface area contributed by atoms with E-state index in [0.29, 0.717) is 22.9 Å². The zero-order chi connectivity index (χ0) is 9.84. The number of aryl methyl sites for hydroxylation is 1. The second-order valence-corrected chi connectivity index (χ2v) is 3.89. The number of aliphatic hydroxyl groups excluding tert-OH is 1. The summed E-state index contributed by atoms with van der Waals surface area (Å²) in [5, 5.41) is 8.68. The van der Waals surface area contributed by atoms with E-state index in [1.54, 1.807) is 12.1 Å². The molecule has 0 unspecified atom stereocenters. The van der Waals surface area contributed by atoms with Crippen LogP contribution in [0.3, 0.4) is 0 Å². The predicted octanol–water partition coefficient (Wildman–Crippen LogP) is 3.17. The van der Waals surface area contributed by atoms with Crippen LogP contribution in [0.5, 0.6) is 0 Å². The maximum absolute atomic E-state index is 13.3. The highest BCUT2D eigenvalue weighted by Crippen LogP contribution is 2.27. The van der Waals surface area contributed by atoms with Crippen LogP contribution >= 0.6 is 27.5 Å². The predicted molar refractivity (Wildman–Crippen MR) is 54.5 cm³/mol. The lowest BCUT2D eigenvalue weighted by molar-refractivity contribution is 0.288. The van der Waals surface area contributed by atoms with E-state index in [2.05, 4.69) is 15.9 Å². The molecule has 0 amide bonds. The molecule has 0 saturated heterocycles. The summed E-state index contributed by atoms with van der Waals surface area (Å²) < 4.78 is 13.9. The minimum Gasteiger partial charge on any atom is -0.396 e. The fraction of sp³-hybridized carbons (Fsp3) is 0.333. The van der Waals surface area contributed by atoms with Gasteiger partial charge >= 0.3 is 0 Å². The molecule has 0 aromatic heterocycles. The van der Waals surface area contributed by atoms with Crippen molar-refractivity contribution in [3.8, 4) is 0 Å². The molecule has 0 radical (unpaired) electrons. The number of hydrogen-bond acceptors (Lipinski definition) is 1. The van der Waals surface area contributed by atoms with Crippen LogP contribution in [-0.2, 0) is 6.42 Å². The van der Waals surface area contributed by atoms with E-state index in [-0.39, 0.29) is 11.6 Å². The summed E-state index contributed by atoms with van der Waals surface area (Å²) >= 11 is 8.80. The highest BCUT2D eigenvalue weighted by molar-refractivity contribution is 9.10. The second kappa shape index (κ2) is 4.94. The standard InChI is InChI=1S/C9H9BrClFO/c10-7-4-3-6(2-1-5-13)9(12)8(7)11/h3-4,13H,1-2,5H2. The maximum atomic E-state index is 13.3. The Morgan fingerprint density at radius 1 is 1.46 bits per heavy atom. The van der Waals surface area contributed by atoms with Crippen molar-refractivity contribution < 1.29 is 9.50 Å². The van der Waals surface area contributed by atoms with Crippen molar-refractivity contribution >= 4 is 27.5 Å². The molecule has 0 heterocycles. The lowest BCUT2D eigenvalue weighted by atomic mass is 10.1. The lowest BCUT2D eigenvalue weighted by Crippen LogP contribution is -1.94. The number of benzene rings is 1. The normalized spacial score (nSPS) is 10.5. The van der Waals surface area contributed by atoms with Crippen molar-refractivity contribution in [1.29, 1.82) is 0 Å². The third-order valence-corrected chi connectivity index (χ3v) is 2.98. The Bertz CT molecular complexity index is 304. The zero-order valence-corrected chi connectivity index (χ0v) is 9.20. The number of aliphatic hydroxyl groups is 1. The summed E-state index contributed by atoms with van der Waals surface area (Å²) in [6.07, 6.45) is 1.06. The van der Waals surface area contributed by atoms with Crippen molar-refractivity contribution in [3.63, 3.8) is 0 Å². The van der Waals surface area contributed by atoms with Gasteiger partial charge in [-0.1, -0.05) is 17.7 Å². The highest BCUT2D eigenvalue weighted by Gasteiger charge is 2.09. The van der Waals surface area contributed by atoms with Crippen molar-refractivity contribution in [2.24, 2.45) is 0 Å². The minimum atomic E-state index is -0.399. The summed E-state index contributed by atoms with van der Waals surface area (Å²) in [6, 6.07) is 3.37. The van der Waals surface area contributed by atoms with Gasteiger partial charge < -0.3 is 5.11 Å². The summed E-state index contributed by atoms with van der Waals surface area (Å²) in [5.41, 5.74) is 0.544. The fourth-order valence-corrected chi connectivity index (χ4v) is 1.52. The van der Waals surface area contributed by atoms with Gasteiger partial charge in [-0.15, -0.1) is 0 Å². The smallest absolute Gasteiger partial charge is 0.146 e. The molecule has 0 bridgehead atoms. The van der Waals surface area contributed by atoms with Crippen molar-refractivity contribution in [3.05, 3.63) is 33.0 Å². The average Bonchev–Trinajstić information content (AvgIpc) is 2.13. The average molecular weight is 268 g/mol. The van der Waals surface area contributed by atoms with Gasteiger partial charge in [-0.05, 0) is 40.4 Å². The molecule has 1 aromatic rings. The summed E-state index contributed by atoms with van der Waals surface area (Å²) in [7, 11) is 0. The van der Waals surface area contributed by atoms with Crippen molar-refractivity contribution in [2.45, 2.75) is 12.8 Å². The monoisotopic (exact) mass is 266 g/mol. The number of rotatable bonds is 3. The molecule has 0 fully saturated rings. The maximum Gasteiger partial charge on any atom is 0.146 e. The first-order valence-corrected chi connectivity index (χ1v) is 5.07. The topological polar surface area (TPSA) is 20.2 Å². The fourth-order valence-electron chi connectivity index (χ4n) is 1.03. The third-order valence-electron chi connectivity index (χ3n) is 1.72. The molecule has 4 heteroatoms. The SMILES string of the molecule is OCCCc1ccc(Br)c(Cl)c1F. The van der Waals surface area contributed by atoms with Crippen molar-refractivity contribution in [1.82, 2.24) is 0 Å². The van der Waals surface area contributed by atoms with Crippen LogP contribution in [0, 0.1) is 5.82 Å². The first-order valence-electron chi connectivity index (χ1n) is 3.90. The van der Waals surface area contributed by atoms with Gasteiger partial charge in [-0.25, -0.2) is 4.39 Å². The summed E-state index contributed by atoms with van der Waals surface area (Å²) in [4.78, 5) is 0. The van der Waals surface area contributed by atoms with Crippen LogP contribution in [0.2, 0.25) is 5.02 Å². The molecule has 1 nitrogen and oxygen atoms in total. The molecule has 1 aromatic carbocycles. The minimum absolute atomic E-state index is 0.0626. The van der Waals surface area contributed by atoms with Gasteiger partial charge in [0.1, 0.15) is 5.82 Å². The summed E-state index contributed by atoms with van der Waals surface area (Å²) in [6.45, 7) is 0.0626. The van der Waals surface area contributed by atoms with Gasteiger partial charge in [0.05, 0.1) is 5.02 Å². The highest BCUT2D eigenvalue weighted by atomic mass is 79.9. The molecule has 0 aliphatic rings. The molecular formula is C9H9BrClFO.